The SMILES string of the molecule is COC(=O)C12[C@H]3[C@H]4[C@@H]5[C@H]1[C@]1(Br)[C@H]6[C@H]7[C@@H]8[C@H](C62OC)[C@@]3(Br)[C@]2(OC(C)=O)[C@H]4C3(C(=O)OC)[C@H]5[C@@]1(OC(C)=O)[C@@H]7C3(OC)[C@H]82. The second-order valence-corrected chi connectivity index (χ2v) is 17.8. The van der Waals surface area contributed by atoms with Crippen LogP contribution in [0.15, 0.2) is 0 Å². The normalized spacial score (nSPS) is 71.2. The average molecular weight is 710 g/mol. The Morgan fingerprint density at radius 1 is 0.500 bits per heavy atom. The van der Waals surface area contributed by atoms with Gasteiger partial charge in [0.2, 0.25) is 0 Å². The highest BCUT2D eigenvalue weighted by molar-refractivity contribution is 9.10. The molecular weight excluding hydrogens is 680 g/mol. The van der Waals surface area contributed by atoms with E-state index in [-0.39, 0.29) is 65.1 Å². The summed E-state index contributed by atoms with van der Waals surface area (Å²) in [7, 11) is 6.22. The van der Waals surface area contributed by atoms with Gasteiger partial charge in [0.1, 0.15) is 22.0 Å². The molecule has 20 atom stereocenters. The van der Waals surface area contributed by atoms with Crippen molar-refractivity contribution in [1.29, 1.82) is 0 Å². The van der Waals surface area contributed by atoms with Gasteiger partial charge in [-0.2, -0.15) is 0 Å². The van der Waals surface area contributed by atoms with Gasteiger partial charge in [-0.05, 0) is 23.7 Å². The van der Waals surface area contributed by atoms with Crippen molar-refractivity contribution in [2.24, 2.45) is 81.8 Å². The molecular formula is C30H30Br2O10. The molecule has 10 nitrogen and oxygen atoms in total. The maximum absolute atomic E-state index is 14.8. The fraction of sp³-hybridized carbons (Fsp3) is 0.867. The number of ether oxygens (including phenoxy) is 6. The lowest BCUT2D eigenvalue weighted by Gasteiger charge is -2.49. The van der Waals surface area contributed by atoms with Crippen molar-refractivity contribution in [2.45, 2.75) is 44.9 Å². The van der Waals surface area contributed by atoms with Crippen LogP contribution in [0.25, 0.3) is 0 Å². The van der Waals surface area contributed by atoms with Crippen molar-refractivity contribution in [3.8, 4) is 0 Å². The zero-order valence-corrected chi connectivity index (χ0v) is 26.9. The van der Waals surface area contributed by atoms with Crippen molar-refractivity contribution in [3.05, 3.63) is 0 Å². The number of halogens is 2. The van der Waals surface area contributed by atoms with E-state index in [1.165, 1.54) is 28.1 Å². The molecule has 4 unspecified atom stereocenters. The molecule has 12 aliphatic carbocycles. The molecule has 42 heavy (non-hydrogen) atoms. The summed E-state index contributed by atoms with van der Waals surface area (Å²) in [4.78, 5) is 56.0. The standard InChI is InChI=1S/C30H30Br2O10/c1-7(33)41-29-15-9-10-14-23(21(35)37-3)13(9)25(29,31)17-11-12-18(27(17,23)39-5)26(14,32)30(42-8(2)34)16(10)24(15,22(36)38-4)28(40-6,19(11)29)20(12)30/h9-20H,1-6H3/t9-,10-,11-,12-,13-,14-,15-,16+,17+,18-,19+,20+,23?,24?,25-,26+,27?,28?,29+,30-/m1/s1. The van der Waals surface area contributed by atoms with Crippen LogP contribution in [0.3, 0.4) is 0 Å². The van der Waals surface area contributed by atoms with Gasteiger partial charge in [-0.1, -0.05) is 31.9 Å². The predicted molar refractivity (Wildman–Crippen MR) is 143 cm³/mol. The highest BCUT2D eigenvalue weighted by Gasteiger charge is 3.22. The maximum Gasteiger partial charge on any atom is 0.315 e. The van der Waals surface area contributed by atoms with Crippen LogP contribution in [0.5, 0.6) is 0 Å². The van der Waals surface area contributed by atoms with E-state index < -0.39 is 71.6 Å². The van der Waals surface area contributed by atoms with Gasteiger partial charge >= 0.3 is 23.9 Å². The summed E-state index contributed by atoms with van der Waals surface area (Å²) < 4.78 is 37.1. The molecule has 12 fully saturated rings. The lowest BCUT2D eigenvalue weighted by molar-refractivity contribution is -0.201. The van der Waals surface area contributed by atoms with E-state index in [1.807, 2.05) is 0 Å². The van der Waals surface area contributed by atoms with Crippen LogP contribution < -0.4 is 0 Å². The van der Waals surface area contributed by atoms with Crippen LogP contribution in [-0.4, -0.2) is 83.4 Å². The Kier molecular flexibility index (Phi) is 3.50. The van der Waals surface area contributed by atoms with Crippen molar-refractivity contribution in [1.82, 2.24) is 0 Å². The fourth-order valence-electron chi connectivity index (χ4n) is 18.1. The Bertz CT molecular complexity index is 1500. The van der Waals surface area contributed by atoms with Crippen LogP contribution in [0.1, 0.15) is 13.8 Å². The minimum absolute atomic E-state index is 0.117. The van der Waals surface area contributed by atoms with Gasteiger partial charge in [0, 0.05) is 75.4 Å². The Balaban J connectivity index is 1.40. The zero-order valence-electron chi connectivity index (χ0n) is 23.8. The predicted octanol–water partition coefficient (Wildman–Crippen LogP) is 1.49. The third-order valence-corrected chi connectivity index (χ3v) is 19.5. The monoisotopic (exact) mass is 708 g/mol. The molecule has 0 saturated heterocycles. The van der Waals surface area contributed by atoms with Gasteiger partial charge in [0.25, 0.3) is 0 Å². The summed E-state index contributed by atoms with van der Waals surface area (Å²) >= 11 is 8.71. The summed E-state index contributed by atoms with van der Waals surface area (Å²) in [6.45, 7) is 2.85. The van der Waals surface area contributed by atoms with Crippen LogP contribution in [0, 0.1) is 81.8 Å². The molecule has 0 spiro atoms. The quantitative estimate of drug-likeness (QED) is 0.228. The fourth-order valence-corrected chi connectivity index (χ4v) is 21.9. The van der Waals surface area contributed by atoms with E-state index in [4.69, 9.17) is 28.4 Å². The van der Waals surface area contributed by atoms with Gasteiger partial charge in [-0.25, -0.2) is 0 Å². The lowest BCUT2D eigenvalue weighted by Crippen LogP contribution is -2.63. The third-order valence-electron chi connectivity index (χ3n) is 16.3. The Morgan fingerprint density at radius 3 is 1.17 bits per heavy atom. The van der Waals surface area contributed by atoms with Gasteiger partial charge in [-0.15, -0.1) is 0 Å². The molecule has 0 aromatic rings. The maximum atomic E-state index is 14.8. The summed E-state index contributed by atoms with van der Waals surface area (Å²) in [6, 6.07) is 0. The number of esters is 4. The first kappa shape index (κ1) is 25.0. The second-order valence-electron chi connectivity index (χ2n) is 15.2. The van der Waals surface area contributed by atoms with Gasteiger partial charge in [-0.3, -0.25) is 19.2 Å². The van der Waals surface area contributed by atoms with E-state index in [2.05, 4.69) is 31.9 Å². The highest BCUT2D eigenvalue weighted by Crippen LogP contribution is 3.12. The zero-order chi connectivity index (χ0) is 29.5. The Labute approximate surface area is 257 Å². The number of carbonyl (C=O) groups is 4. The number of alkyl halides is 2. The molecule has 0 aromatic heterocycles. The van der Waals surface area contributed by atoms with Crippen molar-refractivity contribution >= 4 is 55.7 Å². The van der Waals surface area contributed by atoms with Crippen LogP contribution >= 0.6 is 31.9 Å². The summed E-state index contributed by atoms with van der Waals surface area (Å²) in [6.07, 6.45) is 0. The molecule has 0 aromatic carbocycles. The van der Waals surface area contributed by atoms with Crippen molar-refractivity contribution in [2.75, 3.05) is 28.4 Å². The summed E-state index contributed by atoms with van der Waals surface area (Å²) in [5.41, 5.74) is -6.66. The van der Waals surface area contributed by atoms with Crippen LogP contribution in [0.2, 0.25) is 0 Å². The molecule has 0 heterocycles. The Morgan fingerprint density at radius 2 is 0.833 bits per heavy atom. The van der Waals surface area contributed by atoms with Crippen molar-refractivity contribution in [3.63, 3.8) is 0 Å². The van der Waals surface area contributed by atoms with Gasteiger partial charge < -0.3 is 28.4 Å². The van der Waals surface area contributed by atoms with E-state index >= 15 is 0 Å². The van der Waals surface area contributed by atoms with E-state index in [9.17, 15) is 19.2 Å². The van der Waals surface area contributed by atoms with E-state index in [0.29, 0.717) is 0 Å². The average Bonchev–Trinajstić information content (AvgIpc) is 3.77. The number of methoxy groups -OCH3 is 4. The molecule has 0 bridgehead atoms. The molecule has 224 valence electrons. The topological polar surface area (TPSA) is 124 Å². The number of carbonyl (C=O) groups excluding carboxylic acids is 4. The van der Waals surface area contributed by atoms with E-state index in [0.717, 1.165) is 0 Å². The number of hydrogen-bond donors (Lipinski definition) is 0. The Hall–Kier alpha value is -1.24. The molecule has 12 saturated carbocycles. The first-order valence-corrected chi connectivity index (χ1v) is 16.5. The molecule has 12 aliphatic rings. The first-order chi connectivity index (χ1) is 19.9. The van der Waals surface area contributed by atoms with Crippen LogP contribution in [0.4, 0.5) is 0 Å². The first-order valence-electron chi connectivity index (χ1n) is 14.9. The molecule has 0 N–H and O–H groups in total. The minimum Gasteiger partial charge on any atom is -0.468 e. The highest BCUT2D eigenvalue weighted by atomic mass is 79.9. The third kappa shape index (κ3) is 1.34. The molecule has 12 heteroatoms. The molecule has 0 amide bonds. The molecule has 0 aliphatic heterocycles. The smallest absolute Gasteiger partial charge is 0.315 e. The summed E-state index contributed by atoms with van der Waals surface area (Å²) in [5.74, 6) is -5.06. The lowest BCUT2D eigenvalue weighted by atomic mass is 9.59. The van der Waals surface area contributed by atoms with E-state index in [1.54, 1.807) is 14.2 Å². The van der Waals surface area contributed by atoms with Crippen molar-refractivity contribution < 1.29 is 47.6 Å². The molecule has 12 rings (SSSR count). The summed E-state index contributed by atoms with van der Waals surface area (Å²) in [5, 5.41) is 0. The van der Waals surface area contributed by atoms with Gasteiger partial charge in [0.05, 0.1) is 34.1 Å². The number of rotatable bonds is 6. The van der Waals surface area contributed by atoms with Crippen LogP contribution in [-0.2, 0) is 47.6 Å². The number of hydrogen-bond acceptors (Lipinski definition) is 10. The van der Waals surface area contributed by atoms with Gasteiger partial charge in [0.15, 0.2) is 0 Å². The second kappa shape index (κ2) is 5.88. The minimum atomic E-state index is -1.23. The largest absolute Gasteiger partial charge is 0.468 e. The molecule has 0 radical (unpaired) electrons.